The summed E-state index contributed by atoms with van der Waals surface area (Å²) in [6.45, 7) is 9.75. The highest BCUT2D eigenvalue weighted by molar-refractivity contribution is 5.33. The summed E-state index contributed by atoms with van der Waals surface area (Å²) >= 11 is 0. The number of para-hydroxylation sites is 1. The molecule has 1 aromatic heterocycles. The van der Waals surface area contributed by atoms with Crippen molar-refractivity contribution >= 4 is 0 Å². The van der Waals surface area contributed by atoms with Gasteiger partial charge in [0.05, 0.1) is 6.54 Å². The Hall–Kier alpha value is -1.74. The molecule has 0 amide bonds. The fourth-order valence-electron chi connectivity index (χ4n) is 2.03. The lowest BCUT2D eigenvalue weighted by Gasteiger charge is -2.19. The second-order valence-electron chi connectivity index (χ2n) is 6.22. The van der Waals surface area contributed by atoms with Crippen LogP contribution in [0.4, 0.5) is 0 Å². The molecule has 3 nitrogen and oxygen atoms in total. The first-order chi connectivity index (χ1) is 9.98. The fraction of sp³-hybridized carbons (Fsp3) is 0.444. The SMILES string of the molecule is CCc1ccccc1OCc1ccc(CNC(C)(C)C)o1. The van der Waals surface area contributed by atoms with E-state index in [1.807, 2.05) is 30.3 Å². The molecule has 0 atom stereocenters. The minimum Gasteiger partial charge on any atom is -0.485 e. The number of hydrogen-bond acceptors (Lipinski definition) is 3. The molecule has 1 heterocycles. The van der Waals surface area contributed by atoms with Crippen LogP contribution in [0.2, 0.25) is 0 Å². The van der Waals surface area contributed by atoms with Crippen LogP contribution in [0, 0.1) is 0 Å². The zero-order chi connectivity index (χ0) is 15.3. The Morgan fingerprint density at radius 2 is 1.76 bits per heavy atom. The van der Waals surface area contributed by atoms with Gasteiger partial charge in [0.2, 0.25) is 0 Å². The van der Waals surface area contributed by atoms with E-state index in [1.54, 1.807) is 0 Å². The molecule has 0 unspecified atom stereocenters. The van der Waals surface area contributed by atoms with E-state index in [-0.39, 0.29) is 5.54 Å². The zero-order valence-electron chi connectivity index (χ0n) is 13.4. The molecule has 0 saturated carbocycles. The molecule has 0 aliphatic rings. The minimum atomic E-state index is 0.0868. The van der Waals surface area contributed by atoms with E-state index < -0.39 is 0 Å². The lowest BCUT2D eigenvalue weighted by Crippen LogP contribution is -2.34. The van der Waals surface area contributed by atoms with Gasteiger partial charge in [-0.2, -0.15) is 0 Å². The molecule has 0 bridgehead atoms. The van der Waals surface area contributed by atoms with Gasteiger partial charge in [-0.05, 0) is 51.0 Å². The van der Waals surface area contributed by atoms with Crippen LogP contribution in [-0.4, -0.2) is 5.54 Å². The lowest BCUT2D eigenvalue weighted by atomic mass is 10.1. The standard InChI is InChI=1S/C18H25NO2/c1-5-14-8-6-7-9-17(14)20-13-16-11-10-15(21-16)12-19-18(2,3)4/h6-11,19H,5,12-13H2,1-4H3. The maximum absolute atomic E-state index is 5.86. The molecule has 0 saturated heterocycles. The van der Waals surface area contributed by atoms with Crippen molar-refractivity contribution in [1.82, 2.24) is 5.32 Å². The van der Waals surface area contributed by atoms with Crippen LogP contribution in [0.25, 0.3) is 0 Å². The normalized spacial score (nSPS) is 11.6. The van der Waals surface area contributed by atoms with Crippen LogP contribution in [0.3, 0.4) is 0 Å². The Labute approximate surface area is 127 Å². The van der Waals surface area contributed by atoms with Crippen LogP contribution in [0.1, 0.15) is 44.8 Å². The molecule has 21 heavy (non-hydrogen) atoms. The molecular formula is C18H25NO2. The van der Waals surface area contributed by atoms with Gasteiger partial charge in [-0.3, -0.25) is 0 Å². The van der Waals surface area contributed by atoms with E-state index in [0.29, 0.717) is 6.61 Å². The van der Waals surface area contributed by atoms with Gasteiger partial charge in [-0.1, -0.05) is 25.1 Å². The van der Waals surface area contributed by atoms with Crippen molar-refractivity contribution in [3.63, 3.8) is 0 Å². The van der Waals surface area contributed by atoms with E-state index in [1.165, 1.54) is 5.56 Å². The average molecular weight is 287 g/mol. The number of hydrogen-bond donors (Lipinski definition) is 1. The largest absolute Gasteiger partial charge is 0.485 e. The summed E-state index contributed by atoms with van der Waals surface area (Å²) < 4.78 is 11.6. The van der Waals surface area contributed by atoms with Gasteiger partial charge >= 0.3 is 0 Å². The number of aryl methyl sites for hydroxylation is 1. The third-order valence-corrected chi connectivity index (χ3v) is 3.23. The van der Waals surface area contributed by atoms with Gasteiger partial charge in [0.25, 0.3) is 0 Å². The number of rotatable bonds is 6. The van der Waals surface area contributed by atoms with Gasteiger partial charge in [0.1, 0.15) is 23.9 Å². The Balaban J connectivity index is 1.91. The number of benzene rings is 1. The topological polar surface area (TPSA) is 34.4 Å². The first kappa shape index (κ1) is 15.6. The third-order valence-electron chi connectivity index (χ3n) is 3.23. The van der Waals surface area contributed by atoms with Crippen LogP contribution >= 0.6 is 0 Å². The van der Waals surface area contributed by atoms with Crippen LogP contribution in [-0.2, 0) is 19.6 Å². The molecule has 0 spiro atoms. The fourth-order valence-corrected chi connectivity index (χ4v) is 2.03. The third kappa shape index (κ3) is 4.94. The molecule has 2 rings (SSSR count). The van der Waals surface area contributed by atoms with Gasteiger partial charge in [0, 0.05) is 5.54 Å². The highest BCUT2D eigenvalue weighted by atomic mass is 16.5. The predicted octanol–water partition coefficient (Wildman–Crippen LogP) is 4.31. The number of ether oxygens (including phenoxy) is 1. The average Bonchev–Trinajstić information content (AvgIpc) is 2.90. The molecule has 1 aromatic carbocycles. The summed E-state index contributed by atoms with van der Waals surface area (Å²) in [6, 6.07) is 12.1. The van der Waals surface area contributed by atoms with Crippen molar-refractivity contribution in [2.45, 2.75) is 52.8 Å². The highest BCUT2D eigenvalue weighted by Crippen LogP contribution is 2.20. The second-order valence-corrected chi connectivity index (χ2v) is 6.22. The minimum absolute atomic E-state index is 0.0868. The summed E-state index contributed by atoms with van der Waals surface area (Å²) in [6.07, 6.45) is 0.967. The second kappa shape index (κ2) is 6.81. The van der Waals surface area contributed by atoms with E-state index in [2.05, 4.69) is 39.1 Å². The van der Waals surface area contributed by atoms with Crippen molar-refractivity contribution in [1.29, 1.82) is 0 Å². The summed E-state index contributed by atoms with van der Waals surface area (Å²) in [5, 5.41) is 3.41. The quantitative estimate of drug-likeness (QED) is 0.859. The van der Waals surface area contributed by atoms with Crippen molar-refractivity contribution in [3.8, 4) is 5.75 Å². The monoisotopic (exact) mass is 287 g/mol. The Morgan fingerprint density at radius 1 is 1.05 bits per heavy atom. The summed E-state index contributed by atoms with van der Waals surface area (Å²) in [5.41, 5.74) is 1.31. The van der Waals surface area contributed by atoms with Crippen molar-refractivity contribution < 1.29 is 9.15 Å². The lowest BCUT2D eigenvalue weighted by molar-refractivity contribution is 0.261. The maximum atomic E-state index is 5.86. The van der Waals surface area contributed by atoms with E-state index in [9.17, 15) is 0 Å². The zero-order valence-corrected chi connectivity index (χ0v) is 13.4. The van der Waals surface area contributed by atoms with Crippen LogP contribution in [0.15, 0.2) is 40.8 Å². The van der Waals surface area contributed by atoms with E-state index >= 15 is 0 Å². The summed E-state index contributed by atoms with van der Waals surface area (Å²) in [7, 11) is 0. The molecule has 2 aromatic rings. The molecule has 3 heteroatoms. The smallest absolute Gasteiger partial charge is 0.146 e. The van der Waals surface area contributed by atoms with Crippen molar-refractivity contribution in [2.24, 2.45) is 0 Å². The molecule has 0 fully saturated rings. The first-order valence-electron chi connectivity index (χ1n) is 7.51. The van der Waals surface area contributed by atoms with Crippen molar-refractivity contribution in [2.75, 3.05) is 0 Å². The molecular weight excluding hydrogens is 262 g/mol. The number of furan rings is 1. The van der Waals surface area contributed by atoms with Gasteiger partial charge in [-0.25, -0.2) is 0 Å². The van der Waals surface area contributed by atoms with Gasteiger partial charge in [-0.15, -0.1) is 0 Å². The summed E-state index contributed by atoms with van der Waals surface area (Å²) in [5.74, 6) is 2.73. The molecule has 1 N–H and O–H groups in total. The predicted molar refractivity (Wildman–Crippen MR) is 85.5 cm³/mol. The first-order valence-corrected chi connectivity index (χ1v) is 7.51. The van der Waals surface area contributed by atoms with Crippen LogP contribution in [0.5, 0.6) is 5.75 Å². The molecule has 114 valence electrons. The maximum Gasteiger partial charge on any atom is 0.146 e. The molecule has 0 aliphatic heterocycles. The molecule has 0 radical (unpaired) electrons. The Bertz CT molecular complexity index is 567. The van der Waals surface area contributed by atoms with Crippen molar-refractivity contribution in [3.05, 3.63) is 53.5 Å². The highest BCUT2D eigenvalue weighted by Gasteiger charge is 2.10. The van der Waals surface area contributed by atoms with E-state index in [0.717, 1.165) is 30.2 Å². The Kier molecular flexibility index (Phi) is 5.07. The van der Waals surface area contributed by atoms with Crippen LogP contribution < -0.4 is 10.1 Å². The van der Waals surface area contributed by atoms with Gasteiger partial charge in [0.15, 0.2) is 0 Å². The molecule has 0 aliphatic carbocycles. The number of nitrogens with one attached hydrogen (secondary N) is 1. The Morgan fingerprint density at radius 3 is 2.48 bits per heavy atom. The summed E-state index contributed by atoms with van der Waals surface area (Å²) in [4.78, 5) is 0. The van der Waals surface area contributed by atoms with E-state index in [4.69, 9.17) is 9.15 Å². The van der Waals surface area contributed by atoms with Gasteiger partial charge < -0.3 is 14.5 Å².